The number of hydrazone groups is 1. The summed E-state index contributed by atoms with van der Waals surface area (Å²) in [5, 5.41) is 11.3. The molecule has 4 aromatic rings. The van der Waals surface area contributed by atoms with Crippen molar-refractivity contribution in [1.29, 1.82) is 0 Å². The fourth-order valence-corrected chi connectivity index (χ4v) is 4.43. The average Bonchev–Trinajstić information content (AvgIpc) is 3.46. The van der Waals surface area contributed by atoms with Crippen LogP contribution >= 0.6 is 11.6 Å². The van der Waals surface area contributed by atoms with Crippen molar-refractivity contribution in [3.63, 3.8) is 0 Å². The molecule has 0 saturated heterocycles. The highest BCUT2D eigenvalue weighted by Crippen LogP contribution is 2.47. The van der Waals surface area contributed by atoms with Crippen LogP contribution in [-0.2, 0) is 4.79 Å². The van der Waals surface area contributed by atoms with Gasteiger partial charge >= 0.3 is 0 Å². The number of carbonyl (C=O) groups is 1. The van der Waals surface area contributed by atoms with E-state index in [1.54, 1.807) is 5.01 Å². The van der Waals surface area contributed by atoms with E-state index in [-0.39, 0.29) is 11.6 Å². The third-order valence-electron chi connectivity index (χ3n) is 5.82. The zero-order chi connectivity index (χ0) is 23.2. The molecule has 8 heteroatoms. The molecule has 2 aliphatic heterocycles. The molecule has 34 heavy (non-hydrogen) atoms. The molecule has 0 radical (unpaired) electrons. The molecule has 0 aliphatic carbocycles. The van der Waals surface area contributed by atoms with Crippen LogP contribution in [0.5, 0.6) is 0 Å². The van der Waals surface area contributed by atoms with E-state index in [1.807, 2.05) is 89.8 Å². The van der Waals surface area contributed by atoms with E-state index >= 15 is 0 Å². The van der Waals surface area contributed by atoms with Crippen LogP contribution in [0.4, 0.5) is 11.6 Å². The van der Waals surface area contributed by atoms with Gasteiger partial charge in [0, 0.05) is 17.5 Å². The van der Waals surface area contributed by atoms with Crippen molar-refractivity contribution in [3.05, 3.63) is 101 Å². The highest BCUT2D eigenvalue weighted by Gasteiger charge is 2.46. The number of para-hydroxylation sites is 1. The Balaban J connectivity index is 1.61. The summed E-state index contributed by atoms with van der Waals surface area (Å²) in [4.78, 5) is 19.4. The summed E-state index contributed by atoms with van der Waals surface area (Å²) in [6.07, 6.45) is 0. The normalized spacial score (nSPS) is 16.6. The third kappa shape index (κ3) is 3.21. The predicted molar refractivity (Wildman–Crippen MR) is 131 cm³/mol. The van der Waals surface area contributed by atoms with Crippen LogP contribution in [-0.4, -0.2) is 27.6 Å². The van der Waals surface area contributed by atoms with Crippen LogP contribution in [0, 0.1) is 0 Å². The van der Waals surface area contributed by atoms with E-state index < -0.39 is 6.04 Å². The minimum absolute atomic E-state index is 0.175. The van der Waals surface area contributed by atoms with Gasteiger partial charge in [-0.15, -0.1) is 5.10 Å². The number of nitrogens with zero attached hydrogens (tertiary/aromatic N) is 5. The van der Waals surface area contributed by atoms with Crippen LogP contribution in [0.2, 0.25) is 5.02 Å². The molecule has 3 aromatic carbocycles. The summed E-state index contributed by atoms with van der Waals surface area (Å²) in [6.45, 7) is 1.51. The quantitative estimate of drug-likeness (QED) is 0.378. The molecule has 7 nitrogen and oxygen atoms in total. The molecular formula is C26H18ClN5O2. The highest BCUT2D eigenvalue weighted by molar-refractivity contribution is 6.43. The molecule has 0 spiro atoms. The van der Waals surface area contributed by atoms with E-state index in [0.717, 1.165) is 22.4 Å². The van der Waals surface area contributed by atoms with Gasteiger partial charge < -0.3 is 4.52 Å². The first-order valence-corrected chi connectivity index (χ1v) is 11.1. The molecule has 166 valence electrons. The van der Waals surface area contributed by atoms with E-state index in [2.05, 4.69) is 10.3 Å². The lowest BCUT2D eigenvalue weighted by Crippen LogP contribution is -2.44. The van der Waals surface area contributed by atoms with Gasteiger partial charge in [-0.05, 0) is 29.8 Å². The number of ketones is 1. The summed E-state index contributed by atoms with van der Waals surface area (Å²) in [5.74, 6) is 0.963. The zero-order valence-electron chi connectivity index (χ0n) is 18.1. The summed E-state index contributed by atoms with van der Waals surface area (Å²) >= 11 is 6.20. The van der Waals surface area contributed by atoms with Gasteiger partial charge in [0.05, 0.1) is 17.3 Å². The van der Waals surface area contributed by atoms with Gasteiger partial charge in [-0.2, -0.15) is 10.0 Å². The molecule has 1 unspecified atom stereocenters. The smallest absolute Gasteiger partial charge is 0.260 e. The van der Waals surface area contributed by atoms with Gasteiger partial charge in [0.2, 0.25) is 5.96 Å². The predicted octanol–water partition coefficient (Wildman–Crippen LogP) is 5.81. The molecule has 0 fully saturated rings. The summed E-state index contributed by atoms with van der Waals surface area (Å²) in [5.41, 5.74) is 4.01. The SMILES string of the molecule is CC(=O)C1=NN(c2ccccc2)C2=Nc3onc(-c4ccccc4)c3C(c3ccc(Cl)cc3)N12. The second kappa shape index (κ2) is 7.97. The van der Waals surface area contributed by atoms with Gasteiger partial charge in [-0.3, -0.25) is 9.69 Å². The van der Waals surface area contributed by atoms with Gasteiger partial charge in [-0.1, -0.05) is 77.4 Å². The minimum Gasteiger partial charge on any atom is -0.335 e. The molecular weight excluding hydrogens is 450 g/mol. The van der Waals surface area contributed by atoms with Crippen molar-refractivity contribution < 1.29 is 9.32 Å². The lowest BCUT2D eigenvalue weighted by atomic mass is 9.93. The number of halogens is 1. The number of hydrogen-bond acceptors (Lipinski definition) is 7. The number of aromatic nitrogens is 1. The maximum Gasteiger partial charge on any atom is 0.260 e. The van der Waals surface area contributed by atoms with Gasteiger partial charge in [-0.25, -0.2) is 0 Å². The van der Waals surface area contributed by atoms with Crippen LogP contribution in [0.25, 0.3) is 11.3 Å². The fraction of sp³-hybridized carbons (Fsp3) is 0.0769. The van der Waals surface area contributed by atoms with Crippen LogP contribution in [0.15, 0.2) is 99.5 Å². The Bertz CT molecular complexity index is 1450. The average molecular weight is 468 g/mol. The number of guanidine groups is 1. The zero-order valence-corrected chi connectivity index (χ0v) is 18.8. The number of aliphatic imine (C=N–C) groups is 1. The number of anilines is 1. The monoisotopic (exact) mass is 467 g/mol. The number of benzene rings is 3. The lowest BCUT2D eigenvalue weighted by molar-refractivity contribution is -0.111. The van der Waals surface area contributed by atoms with Crippen LogP contribution < -0.4 is 5.01 Å². The number of carbonyl (C=O) groups excluding carboxylic acids is 1. The van der Waals surface area contributed by atoms with Gasteiger partial charge in [0.15, 0.2) is 11.6 Å². The topological polar surface area (TPSA) is 74.3 Å². The summed E-state index contributed by atoms with van der Waals surface area (Å²) in [6, 6.07) is 26.4. The molecule has 6 rings (SSSR count). The largest absolute Gasteiger partial charge is 0.335 e. The first-order chi connectivity index (χ1) is 16.6. The van der Waals surface area contributed by atoms with Crippen molar-refractivity contribution in [2.24, 2.45) is 10.1 Å². The van der Waals surface area contributed by atoms with Crippen molar-refractivity contribution in [3.8, 4) is 11.3 Å². The molecule has 1 aromatic heterocycles. The second-order valence-electron chi connectivity index (χ2n) is 7.98. The number of Topliss-reactive ketones (excluding diaryl/α,β-unsaturated/α-hetero) is 1. The summed E-state index contributed by atoms with van der Waals surface area (Å²) < 4.78 is 5.75. The summed E-state index contributed by atoms with van der Waals surface area (Å²) in [7, 11) is 0. The lowest BCUT2D eigenvalue weighted by Gasteiger charge is -2.33. The minimum atomic E-state index is -0.447. The van der Waals surface area contributed by atoms with Gasteiger partial charge in [0.1, 0.15) is 5.69 Å². The molecule has 0 N–H and O–H groups in total. The Labute approximate surface area is 200 Å². The van der Waals surface area contributed by atoms with Crippen molar-refractivity contribution in [1.82, 2.24) is 10.1 Å². The Kier molecular flexibility index (Phi) is 4.78. The highest BCUT2D eigenvalue weighted by atomic mass is 35.5. The van der Waals surface area contributed by atoms with E-state index in [4.69, 9.17) is 21.1 Å². The second-order valence-corrected chi connectivity index (χ2v) is 8.42. The Morgan fingerprint density at radius 1 is 0.941 bits per heavy atom. The third-order valence-corrected chi connectivity index (χ3v) is 6.07. The molecule has 3 heterocycles. The van der Waals surface area contributed by atoms with Gasteiger partial charge in [0.25, 0.3) is 5.88 Å². The standard InChI is InChI=1S/C26H18ClN5O2/c1-16(33)24-29-32(20-10-6-3-7-11-20)26-28-25-21(22(30-34-25)17-8-4-2-5-9-17)23(31(24)26)18-12-14-19(27)15-13-18/h2-15,23H,1H3. The number of rotatable bonds is 4. The van der Waals surface area contributed by atoms with Crippen molar-refractivity contribution in [2.45, 2.75) is 13.0 Å². The van der Waals surface area contributed by atoms with E-state index in [1.165, 1.54) is 6.92 Å². The van der Waals surface area contributed by atoms with E-state index in [0.29, 0.717) is 22.6 Å². The van der Waals surface area contributed by atoms with Crippen molar-refractivity contribution >= 4 is 40.8 Å². The van der Waals surface area contributed by atoms with Crippen molar-refractivity contribution in [2.75, 3.05) is 5.01 Å². The Morgan fingerprint density at radius 2 is 1.62 bits per heavy atom. The van der Waals surface area contributed by atoms with Crippen LogP contribution in [0.3, 0.4) is 0 Å². The maximum absolute atomic E-state index is 12.8. The molecule has 0 amide bonds. The maximum atomic E-state index is 12.8. The number of hydrogen-bond donors (Lipinski definition) is 0. The Morgan fingerprint density at radius 3 is 2.29 bits per heavy atom. The van der Waals surface area contributed by atoms with E-state index in [9.17, 15) is 4.79 Å². The van der Waals surface area contributed by atoms with Crippen LogP contribution in [0.1, 0.15) is 24.1 Å². The Hall–Kier alpha value is -4.23. The molecule has 0 bridgehead atoms. The number of fused-ring (bicyclic) bond motifs is 2. The number of amidine groups is 1. The molecule has 1 atom stereocenters. The molecule has 0 saturated carbocycles. The molecule has 2 aliphatic rings. The first-order valence-electron chi connectivity index (χ1n) is 10.7. The first kappa shape index (κ1) is 20.4. The fourth-order valence-electron chi connectivity index (χ4n) is 4.31.